The van der Waals surface area contributed by atoms with Crippen molar-refractivity contribution in [3.63, 3.8) is 0 Å². The lowest BCUT2D eigenvalue weighted by molar-refractivity contribution is 0.949. The second-order valence-corrected chi connectivity index (χ2v) is 3.99. The zero-order valence-electron chi connectivity index (χ0n) is 7.89. The van der Waals surface area contributed by atoms with Crippen molar-refractivity contribution in [1.82, 2.24) is 0 Å². The Bertz CT molecular complexity index is 303. The third-order valence-electron chi connectivity index (χ3n) is 2.69. The Morgan fingerprint density at radius 2 is 1.92 bits per heavy atom. The number of rotatable bonds is 1. The molecule has 0 bridgehead atoms. The molecule has 1 aliphatic rings. The highest BCUT2D eigenvalue weighted by molar-refractivity contribution is 6.31. The molecule has 2 rings (SSSR count). The molecule has 70 valence electrons. The van der Waals surface area contributed by atoms with Crippen LogP contribution in [0.5, 0.6) is 0 Å². The van der Waals surface area contributed by atoms with E-state index in [0.29, 0.717) is 0 Å². The summed E-state index contributed by atoms with van der Waals surface area (Å²) < 4.78 is 0. The molecule has 1 aromatic carbocycles. The minimum Gasteiger partial charge on any atom is -0.371 e. The molecule has 1 aliphatic heterocycles. The van der Waals surface area contributed by atoms with Crippen molar-refractivity contribution in [2.45, 2.75) is 19.8 Å². The number of hydrogen-bond donors (Lipinski definition) is 0. The van der Waals surface area contributed by atoms with Crippen LogP contribution in [0.3, 0.4) is 0 Å². The molecular weight excluding hydrogens is 182 g/mol. The van der Waals surface area contributed by atoms with Crippen molar-refractivity contribution < 1.29 is 0 Å². The van der Waals surface area contributed by atoms with Crippen molar-refractivity contribution in [1.29, 1.82) is 0 Å². The molecule has 0 amide bonds. The average Bonchev–Trinajstić information content (AvgIpc) is 2.62. The zero-order valence-corrected chi connectivity index (χ0v) is 8.64. The van der Waals surface area contributed by atoms with Crippen molar-refractivity contribution in [2.75, 3.05) is 18.0 Å². The monoisotopic (exact) mass is 195 g/mol. The average molecular weight is 196 g/mol. The summed E-state index contributed by atoms with van der Waals surface area (Å²) in [7, 11) is 0. The van der Waals surface area contributed by atoms with Crippen LogP contribution < -0.4 is 4.90 Å². The maximum Gasteiger partial charge on any atom is 0.0455 e. The summed E-state index contributed by atoms with van der Waals surface area (Å²) in [4.78, 5) is 2.42. The number of benzene rings is 1. The van der Waals surface area contributed by atoms with Gasteiger partial charge >= 0.3 is 0 Å². The highest BCUT2D eigenvalue weighted by Crippen LogP contribution is 2.28. The summed E-state index contributed by atoms with van der Waals surface area (Å²) in [5, 5.41) is 0.879. The Balaban J connectivity index is 2.33. The van der Waals surface area contributed by atoms with Gasteiger partial charge in [-0.2, -0.15) is 0 Å². The maximum absolute atomic E-state index is 6.07. The first-order valence-electron chi connectivity index (χ1n) is 4.79. The van der Waals surface area contributed by atoms with Gasteiger partial charge in [0.25, 0.3) is 0 Å². The fraction of sp³-hybridized carbons (Fsp3) is 0.455. The van der Waals surface area contributed by atoms with Gasteiger partial charge in [0.05, 0.1) is 0 Å². The molecule has 2 heteroatoms. The SMILES string of the molecule is Cc1c(Cl)cccc1N1CCCC1. The second kappa shape index (κ2) is 3.59. The van der Waals surface area contributed by atoms with Crippen LogP contribution in [0, 0.1) is 6.92 Å². The first-order chi connectivity index (χ1) is 6.29. The van der Waals surface area contributed by atoms with Gasteiger partial charge in [0.1, 0.15) is 0 Å². The zero-order chi connectivity index (χ0) is 9.26. The summed E-state index contributed by atoms with van der Waals surface area (Å²) in [5.41, 5.74) is 2.52. The maximum atomic E-state index is 6.07. The highest BCUT2D eigenvalue weighted by atomic mass is 35.5. The van der Waals surface area contributed by atoms with E-state index >= 15 is 0 Å². The number of halogens is 1. The molecule has 0 radical (unpaired) electrons. The Hall–Kier alpha value is -0.690. The standard InChI is InChI=1S/C11H14ClN/c1-9-10(12)5-4-6-11(9)13-7-2-3-8-13/h4-6H,2-3,7-8H2,1H3. The molecule has 1 fully saturated rings. The number of anilines is 1. The van der Waals surface area contributed by atoms with Crippen LogP contribution in [0.1, 0.15) is 18.4 Å². The van der Waals surface area contributed by atoms with E-state index in [1.807, 2.05) is 12.1 Å². The van der Waals surface area contributed by atoms with Gasteiger partial charge in [-0.05, 0) is 37.5 Å². The number of nitrogens with zero attached hydrogens (tertiary/aromatic N) is 1. The summed E-state index contributed by atoms with van der Waals surface area (Å²) in [5.74, 6) is 0. The Labute approximate surface area is 84.3 Å². The molecule has 1 saturated heterocycles. The molecule has 1 heterocycles. The second-order valence-electron chi connectivity index (χ2n) is 3.58. The van der Waals surface area contributed by atoms with Crippen LogP contribution in [0.25, 0.3) is 0 Å². The predicted octanol–water partition coefficient (Wildman–Crippen LogP) is 3.25. The summed E-state index contributed by atoms with van der Waals surface area (Å²) in [6, 6.07) is 6.14. The lowest BCUT2D eigenvalue weighted by Crippen LogP contribution is -2.18. The molecule has 1 nitrogen and oxygen atoms in total. The van der Waals surface area contributed by atoms with Gasteiger partial charge in [0.15, 0.2) is 0 Å². The lowest BCUT2D eigenvalue weighted by Gasteiger charge is -2.20. The molecule has 0 N–H and O–H groups in total. The molecular formula is C11H14ClN. The molecule has 0 atom stereocenters. The largest absolute Gasteiger partial charge is 0.371 e. The van der Waals surface area contributed by atoms with Gasteiger partial charge in [0.2, 0.25) is 0 Å². The van der Waals surface area contributed by atoms with Crippen LogP contribution in [0.15, 0.2) is 18.2 Å². The summed E-state index contributed by atoms with van der Waals surface area (Å²) in [6.45, 7) is 4.46. The summed E-state index contributed by atoms with van der Waals surface area (Å²) >= 11 is 6.07. The van der Waals surface area contributed by atoms with Crippen molar-refractivity contribution in [3.8, 4) is 0 Å². The van der Waals surface area contributed by atoms with E-state index in [1.54, 1.807) is 0 Å². The van der Waals surface area contributed by atoms with Gasteiger partial charge in [-0.3, -0.25) is 0 Å². The van der Waals surface area contributed by atoms with Gasteiger partial charge in [-0.25, -0.2) is 0 Å². The minimum atomic E-state index is 0.879. The van der Waals surface area contributed by atoms with Crippen molar-refractivity contribution in [2.24, 2.45) is 0 Å². The van der Waals surface area contributed by atoms with Gasteiger partial charge in [0, 0.05) is 23.8 Å². The minimum absolute atomic E-state index is 0.879. The van der Waals surface area contributed by atoms with Crippen LogP contribution in [0.4, 0.5) is 5.69 Å². The van der Waals surface area contributed by atoms with Gasteiger partial charge in [-0.1, -0.05) is 17.7 Å². The Kier molecular flexibility index (Phi) is 2.45. The van der Waals surface area contributed by atoms with Crippen LogP contribution in [0.2, 0.25) is 5.02 Å². The van der Waals surface area contributed by atoms with E-state index < -0.39 is 0 Å². The molecule has 0 aromatic heterocycles. The quantitative estimate of drug-likeness (QED) is 0.665. The smallest absolute Gasteiger partial charge is 0.0455 e. The van der Waals surface area contributed by atoms with Crippen molar-refractivity contribution >= 4 is 17.3 Å². The van der Waals surface area contributed by atoms with Gasteiger partial charge in [-0.15, -0.1) is 0 Å². The van der Waals surface area contributed by atoms with E-state index in [4.69, 9.17) is 11.6 Å². The molecule has 0 spiro atoms. The highest BCUT2D eigenvalue weighted by Gasteiger charge is 2.14. The van der Waals surface area contributed by atoms with E-state index in [0.717, 1.165) is 5.02 Å². The van der Waals surface area contributed by atoms with Crippen LogP contribution >= 0.6 is 11.6 Å². The normalized spacial score (nSPS) is 16.6. The van der Waals surface area contributed by atoms with Gasteiger partial charge < -0.3 is 4.90 Å². The molecule has 0 saturated carbocycles. The van der Waals surface area contributed by atoms with Crippen molar-refractivity contribution in [3.05, 3.63) is 28.8 Å². The number of hydrogen-bond acceptors (Lipinski definition) is 1. The molecule has 13 heavy (non-hydrogen) atoms. The van der Waals surface area contributed by atoms with E-state index in [9.17, 15) is 0 Å². The third-order valence-corrected chi connectivity index (χ3v) is 3.10. The topological polar surface area (TPSA) is 3.24 Å². The lowest BCUT2D eigenvalue weighted by atomic mass is 10.2. The molecule has 0 aliphatic carbocycles. The van der Waals surface area contributed by atoms with E-state index in [1.165, 1.54) is 37.2 Å². The fourth-order valence-corrected chi connectivity index (χ4v) is 2.07. The van der Waals surface area contributed by atoms with E-state index in [-0.39, 0.29) is 0 Å². The third kappa shape index (κ3) is 1.66. The summed E-state index contributed by atoms with van der Waals surface area (Å²) in [6.07, 6.45) is 2.62. The first-order valence-corrected chi connectivity index (χ1v) is 5.17. The molecule has 0 unspecified atom stereocenters. The first kappa shape index (κ1) is 8.89. The fourth-order valence-electron chi connectivity index (χ4n) is 1.90. The predicted molar refractivity (Wildman–Crippen MR) is 57.6 cm³/mol. The van der Waals surface area contributed by atoms with Crippen LogP contribution in [-0.2, 0) is 0 Å². The van der Waals surface area contributed by atoms with E-state index in [2.05, 4.69) is 17.9 Å². The Morgan fingerprint density at radius 1 is 1.23 bits per heavy atom. The Morgan fingerprint density at radius 3 is 2.62 bits per heavy atom. The van der Waals surface area contributed by atoms with Crippen LogP contribution in [-0.4, -0.2) is 13.1 Å². The molecule has 1 aromatic rings.